The van der Waals surface area contributed by atoms with Crippen LogP contribution in [0.3, 0.4) is 0 Å². The molecule has 0 spiro atoms. The smallest absolute Gasteiger partial charge is 0.0540 e. The van der Waals surface area contributed by atoms with Crippen molar-refractivity contribution in [1.29, 1.82) is 0 Å². The van der Waals surface area contributed by atoms with Crippen molar-refractivity contribution in [2.24, 2.45) is 11.8 Å². The molecule has 0 aliphatic heterocycles. The van der Waals surface area contributed by atoms with E-state index in [4.69, 9.17) is 0 Å². The fraction of sp³-hybridized carbons (Fsp3) is 1.00. The minimum atomic E-state index is -0.0574. The van der Waals surface area contributed by atoms with E-state index in [1.54, 1.807) is 0 Å². The molecule has 86 valence electrons. The van der Waals surface area contributed by atoms with Gasteiger partial charge in [0.2, 0.25) is 0 Å². The Hall–Kier alpha value is -0.0400. The van der Waals surface area contributed by atoms with Gasteiger partial charge in [0, 0.05) is 0 Å². The fourth-order valence-electron chi connectivity index (χ4n) is 1.51. The van der Waals surface area contributed by atoms with Crippen molar-refractivity contribution < 1.29 is 5.11 Å². The molecule has 0 aliphatic rings. The second kappa shape index (κ2) is 8.28. The van der Waals surface area contributed by atoms with Gasteiger partial charge in [-0.25, -0.2) is 0 Å². The van der Waals surface area contributed by atoms with E-state index in [2.05, 4.69) is 27.7 Å². The van der Waals surface area contributed by atoms with E-state index < -0.39 is 0 Å². The van der Waals surface area contributed by atoms with Crippen LogP contribution in [0.4, 0.5) is 0 Å². The van der Waals surface area contributed by atoms with Crippen molar-refractivity contribution in [3.63, 3.8) is 0 Å². The summed E-state index contributed by atoms with van der Waals surface area (Å²) in [5, 5.41) is 9.74. The molecule has 0 aromatic carbocycles. The molecule has 0 aromatic heterocycles. The van der Waals surface area contributed by atoms with E-state index in [0.717, 1.165) is 24.7 Å². The monoisotopic (exact) mass is 200 g/mol. The predicted molar refractivity (Wildman–Crippen MR) is 63.4 cm³/mol. The van der Waals surface area contributed by atoms with E-state index in [1.165, 1.54) is 25.7 Å². The van der Waals surface area contributed by atoms with Crippen LogP contribution in [0.25, 0.3) is 0 Å². The van der Waals surface area contributed by atoms with Crippen LogP contribution in [0, 0.1) is 11.8 Å². The molecule has 0 bridgehead atoms. The number of hydrogen-bond donors (Lipinski definition) is 1. The lowest BCUT2D eigenvalue weighted by Crippen LogP contribution is -2.10. The Morgan fingerprint density at radius 3 is 1.43 bits per heavy atom. The molecule has 0 saturated carbocycles. The van der Waals surface area contributed by atoms with Crippen LogP contribution in [0.1, 0.15) is 66.2 Å². The largest absolute Gasteiger partial charge is 0.393 e. The average Bonchev–Trinajstić information content (AvgIpc) is 2.22. The van der Waals surface area contributed by atoms with Crippen molar-refractivity contribution in [1.82, 2.24) is 0 Å². The molecule has 0 amide bonds. The second-order valence-electron chi connectivity index (χ2n) is 4.84. The topological polar surface area (TPSA) is 20.2 Å². The van der Waals surface area contributed by atoms with Gasteiger partial charge in [0.05, 0.1) is 6.10 Å². The predicted octanol–water partition coefficient (Wildman–Crippen LogP) is 4.00. The van der Waals surface area contributed by atoms with Gasteiger partial charge < -0.3 is 5.11 Å². The maximum Gasteiger partial charge on any atom is 0.0540 e. The Bertz CT molecular complexity index is 108. The third-order valence-electron chi connectivity index (χ3n) is 3.38. The summed E-state index contributed by atoms with van der Waals surface area (Å²) in [6.45, 7) is 8.97. The van der Waals surface area contributed by atoms with Crippen molar-refractivity contribution in [3.8, 4) is 0 Å². The minimum absolute atomic E-state index is 0.0574. The number of aliphatic hydroxyl groups is 1. The van der Waals surface area contributed by atoms with E-state index in [9.17, 15) is 5.11 Å². The lowest BCUT2D eigenvalue weighted by Gasteiger charge is -2.15. The molecule has 1 N–H and O–H groups in total. The van der Waals surface area contributed by atoms with E-state index in [-0.39, 0.29) is 6.10 Å². The standard InChI is InChI=1S/C13H28O/c1-5-11(3)7-9-13(14)10-8-12(4)6-2/h11-14H,5-10H2,1-4H3. The molecule has 14 heavy (non-hydrogen) atoms. The summed E-state index contributed by atoms with van der Waals surface area (Å²) in [5.41, 5.74) is 0. The van der Waals surface area contributed by atoms with Gasteiger partial charge in [-0.3, -0.25) is 0 Å². The van der Waals surface area contributed by atoms with Crippen molar-refractivity contribution in [3.05, 3.63) is 0 Å². The maximum atomic E-state index is 9.74. The highest BCUT2D eigenvalue weighted by atomic mass is 16.3. The van der Waals surface area contributed by atoms with Crippen molar-refractivity contribution in [2.45, 2.75) is 72.3 Å². The first kappa shape index (κ1) is 14.0. The molecule has 0 saturated heterocycles. The van der Waals surface area contributed by atoms with Gasteiger partial charge in [-0.1, -0.05) is 40.5 Å². The van der Waals surface area contributed by atoms with Crippen molar-refractivity contribution in [2.75, 3.05) is 0 Å². The summed E-state index contributed by atoms with van der Waals surface area (Å²) in [4.78, 5) is 0. The van der Waals surface area contributed by atoms with Crippen LogP contribution >= 0.6 is 0 Å². The number of aliphatic hydroxyl groups excluding tert-OH is 1. The highest BCUT2D eigenvalue weighted by Gasteiger charge is 2.08. The first-order valence-corrected chi connectivity index (χ1v) is 6.28. The van der Waals surface area contributed by atoms with Crippen molar-refractivity contribution >= 4 is 0 Å². The van der Waals surface area contributed by atoms with Crippen LogP contribution in [-0.4, -0.2) is 11.2 Å². The lowest BCUT2D eigenvalue weighted by atomic mass is 9.95. The highest BCUT2D eigenvalue weighted by Crippen LogP contribution is 2.17. The Kier molecular flexibility index (Phi) is 8.26. The lowest BCUT2D eigenvalue weighted by molar-refractivity contribution is 0.137. The molecule has 0 radical (unpaired) electrons. The molecule has 2 atom stereocenters. The second-order valence-corrected chi connectivity index (χ2v) is 4.84. The van der Waals surface area contributed by atoms with Gasteiger partial charge in [-0.2, -0.15) is 0 Å². The average molecular weight is 200 g/mol. The van der Waals surface area contributed by atoms with Crippen LogP contribution in [-0.2, 0) is 0 Å². The molecular weight excluding hydrogens is 172 g/mol. The van der Waals surface area contributed by atoms with Gasteiger partial charge >= 0.3 is 0 Å². The first-order valence-electron chi connectivity index (χ1n) is 6.28. The van der Waals surface area contributed by atoms with E-state index >= 15 is 0 Å². The van der Waals surface area contributed by atoms with Crippen LogP contribution in [0.2, 0.25) is 0 Å². The zero-order chi connectivity index (χ0) is 11.0. The zero-order valence-corrected chi connectivity index (χ0v) is 10.4. The molecular formula is C13H28O. The quantitative estimate of drug-likeness (QED) is 0.628. The summed E-state index contributed by atoms with van der Waals surface area (Å²) < 4.78 is 0. The molecule has 1 heteroatoms. The van der Waals surface area contributed by atoms with Gasteiger partial charge in [0.25, 0.3) is 0 Å². The highest BCUT2D eigenvalue weighted by molar-refractivity contribution is 4.61. The maximum absolute atomic E-state index is 9.74. The number of hydrogen-bond acceptors (Lipinski definition) is 1. The molecule has 0 aromatic rings. The Morgan fingerprint density at radius 1 is 0.786 bits per heavy atom. The van der Waals surface area contributed by atoms with Crippen LogP contribution in [0.15, 0.2) is 0 Å². The van der Waals surface area contributed by atoms with Gasteiger partial charge in [-0.05, 0) is 37.5 Å². The Morgan fingerprint density at radius 2 is 1.14 bits per heavy atom. The number of rotatable bonds is 8. The minimum Gasteiger partial charge on any atom is -0.393 e. The summed E-state index contributed by atoms with van der Waals surface area (Å²) in [6, 6.07) is 0. The third kappa shape index (κ3) is 7.37. The van der Waals surface area contributed by atoms with Crippen LogP contribution < -0.4 is 0 Å². The Balaban J connectivity index is 3.40. The molecule has 0 heterocycles. The van der Waals surface area contributed by atoms with Crippen LogP contribution in [0.5, 0.6) is 0 Å². The van der Waals surface area contributed by atoms with Gasteiger partial charge in [-0.15, -0.1) is 0 Å². The zero-order valence-electron chi connectivity index (χ0n) is 10.4. The van der Waals surface area contributed by atoms with Gasteiger partial charge in [0.1, 0.15) is 0 Å². The summed E-state index contributed by atoms with van der Waals surface area (Å²) in [7, 11) is 0. The fourth-order valence-corrected chi connectivity index (χ4v) is 1.51. The molecule has 0 aliphatic carbocycles. The van der Waals surface area contributed by atoms with Gasteiger partial charge in [0.15, 0.2) is 0 Å². The summed E-state index contributed by atoms with van der Waals surface area (Å²) in [5.74, 6) is 1.54. The third-order valence-corrected chi connectivity index (χ3v) is 3.38. The SMILES string of the molecule is CCC(C)CCC(O)CCC(C)CC. The molecule has 0 fully saturated rings. The molecule has 0 rings (SSSR count). The van der Waals surface area contributed by atoms with E-state index in [1.807, 2.05) is 0 Å². The van der Waals surface area contributed by atoms with E-state index in [0.29, 0.717) is 0 Å². The first-order chi connectivity index (χ1) is 6.60. The molecule has 2 unspecified atom stereocenters. The summed E-state index contributed by atoms with van der Waals surface area (Å²) in [6.07, 6.45) is 6.75. The summed E-state index contributed by atoms with van der Waals surface area (Å²) >= 11 is 0. The Labute approximate surface area is 89.9 Å². The normalized spacial score (nSPS) is 17.8. The molecule has 1 nitrogen and oxygen atoms in total.